The van der Waals surface area contributed by atoms with Crippen molar-refractivity contribution >= 4 is 0 Å². The SMILES string of the molecule is CCOc1ccc(CNC2CCOCC2)cc1OC. The molecule has 0 unspecified atom stereocenters. The lowest BCUT2D eigenvalue weighted by molar-refractivity contribution is 0.0776. The second-order valence-electron chi connectivity index (χ2n) is 4.69. The second kappa shape index (κ2) is 7.36. The Hall–Kier alpha value is -1.26. The molecule has 19 heavy (non-hydrogen) atoms. The van der Waals surface area contributed by atoms with Crippen LogP contribution in [0.3, 0.4) is 0 Å². The molecule has 1 aliphatic rings. The van der Waals surface area contributed by atoms with E-state index in [-0.39, 0.29) is 0 Å². The van der Waals surface area contributed by atoms with E-state index < -0.39 is 0 Å². The van der Waals surface area contributed by atoms with Crippen LogP contribution in [0, 0.1) is 0 Å². The van der Waals surface area contributed by atoms with Crippen molar-refractivity contribution in [2.24, 2.45) is 0 Å². The van der Waals surface area contributed by atoms with Gasteiger partial charge in [-0.1, -0.05) is 6.07 Å². The van der Waals surface area contributed by atoms with Crippen molar-refractivity contribution in [2.45, 2.75) is 32.4 Å². The predicted molar refractivity (Wildman–Crippen MR) is 74.8 cm³/mol. The van der Waals surface area contributed by atoms with Gasteiger partial charge in [0.05, 0.1) is 13.7 Å². The monoisotopic (exact) mass is 265 g/mol. The molecule has 0 aliphatic carbocycles. The Morgan fingerprint density at radius 3 is 2.74 bits per heavy atom. The summed E-state index contributed by atoms with van der Waals surface area (Å²) in [6, 6.07) is 6.66. The van der Waals surface area contributed by atoms with E-state index in [1.807, 2.05) is 19.1 Å². The molecule has 0 aromatic heterocycles. The van der Waals surface area contributed by atoms with Crippen LogP contribution in [-0.2, 0) is 11.3 Å². The van der Waals surface area contributed by atoms with Crippen molar-refractivity contribution in [1.82, 2.24) is 5.32 Å². The van der Waals surface area contributed by atoms with Gasteiger partial charge in [-0.05, 0) is 37.5 Å². The number of methoxy groups -OCH3 is 1. The molecule has 1 aliphatic heterocycles. The van der Waals surface area contributed by atoms with Gasteiger partial charge >= 0.3 is 0 Å². The Labute approximate surface area is 115 Å². The predicted octanol–water partition coefficient (Wildman–Crippen LogP) is 2.36. The maximum Gasteiger partial charge on any atom is 0.161 e. The van der Waals surface area contributed by atoms with Gasteiger partial charge in [0.1, 0.15) is 0 Å². The van der Waals surface area contributed by atoms with E-state index >= 15 is 0 Å². The van der Waals surface area contributed by atoms with Crippen molar-refractivity contribution < 1.29 is 14.2 Å². The van der Waals surface area contributed by atoms with Crippen LogP contribution in [0.15, 0.2) is 18.2 Å². The summed E-state index contributed by atoms with van der Waals surface area (Å²) in [5, 5.41) is 3.56. The molecule has 4 heteroatoms. The Morgan fingerprint density at radius 2 is 2.05 bits per heavy atom. The van der Waals surface area contributed by atoms with Crippen LogP contribution < -0.4 is 14.8 Å². The number of nitrogens with one attached hydrogen (secondary N) is 1. The lowest BCUT2D eigenvalue weighted by Crippen LogP contribution is -2.34. The summed E-state index contributed by atoms with van der Waals surface area (Å²) in [4.78, 5) is 0. The average molecular weight is 265 g/mol. The Morgan fingerprint density at radius 1 is 1.26 bits per heavy atom. The summed E-state index contributed by atoms with van der Waals surface area (Å²) in [5.74, 6) is 1.60. The molecule has 0 saturated carbocycles. The molecule has 1 heterocycles. The van der Waals surface area contributed by atoms with Crippen molar-refractivity contribution in [3.8, 4) is 11.5 Å². The number of ether oxygens (including phenoxy) is 3. The molecule has 0 radical (unpaired) electrons. The molecule has 1 saturated heterocycles. The summed E-state index contributed by atoms with van der Waals surface area (Å²) >= 11 is 0. The third-order valence-electron chi connectivity index (χ3n) is 3.34. The maximum absolute atomic E-state index is 5.52. The van der Waals surface area contributed by atoms with Gasteiger partial charge in [-0.3, -0.25) is 0 Å². The summed E-state index contributed by atoms with van der Waals surface area (Å²) in [6.07, 6.45) is 2.18. The molecule has 2 rings (SSSR count). The number of hydrogen-bond donors (Lipinski definition) is 1. The van der Waals surface area contributed by atoms with Gasteiger partial charge in [-0.2, -0.15) is 0 Å². The summed E-state index contributed by atoms with van der Waals surface area (Å²) in [7, 11) is 1.67. The van der Waals surface area contributed by atoms with Gasteiger partial charge in [0, 0.05) is 25.8 Å². The minimum absolute atomic E-state index is 0.561. The maximum atomic E-state index is 5.52. The minimum atomic E-state index is 0.561. The zero-order valence-electron chi connectivity index (χ0n) is 11.8. The van der Waals surface area contributed by atoms with Gasteiger partial charge in [0.15, 0.2) is 11.5 Å². The number of benzene rings is 1. The normalized spacial score (nSPS) is 16.3. The standard InChI is InChI=1S/C15H23NO3/c1-3-19-14-5-4-12(10-15(14)17-2)11-16-13-6-8-18-9-7-13/h4-5,10,13,16H,3,6-9,11H2,1-2H3. The van der Waals surface area contributed by atoms with Gasteiger partial charge < -0.3 is 19.5 Å². The molecule has 0 amide bonds. The minimum Gasteiger partial charge on any atom is -0.493 e. The summed E-state index contributed by atoms with van der Waals surface area (Å²) < 4.78 is 16.2. The fraction of sp³-hybridized carbons (Fsp3) is 0.600. The van der Waals surface area contributed by atoms with Crippen LogP contribution in [0.4, 0.5) is 0 Å². The molecule has 1 aromatic rings. The first kappa shape index (κ1) is 14.2. The quantitative estimate of drug-likeness (QED) is 0.857. The molecule has 1 N–H and O–H groups in total. The second-order valence-corrected chi connectivity index (χ2v) is 4.69. The van der Waals surface area contributed by atoms with E-state index in [4.69, 9.17) is 14.2 Å². The smallest absolute Gasteiger partial charge is 0.161 e. The Bertz CT molecular complexity index is 389. The first-order valence-electron chi connectivity index (χ1n) is 6.94. The third kappa shape index (κ3) is 4.11. The van der Waals surface area contributed by atoms with Crippen molar-refractivity contribution in [1.29, 1.82) is 0 Å². The van der Waals surface area contributed by atoms with Gasteiger partial charge in [-0.25, -0.2) is 0 Å². The van der Waals surface area contributed by atoms with Gasteiger partial charge in [-0.15, -0.1) is 0 Å². The van der Waals surface area contributed by atoms with E-state index in [1.54, 1.807) is 7.11 Å². The van der Waals surface area contributed by atoms with Crippen molar-refractivity contribution in [3.63, 3.8) is 0 Å². The van der Waals surface area contributed by atoms with Crippen LogP contribution in [0.25, 0.3) is 0 Å². The van der Waals surface area contributed by atoms with Crippen LogP contribution in [0.1, 0.15) is 25.3 Å². The highest BCUT2D eigenvalue weighted by atomic mass is 16.5. The van der Waals surface area contributed by atoms with Crippen molar-refractivity contribution in [3.05, 3.63) is 23.8 Å². The first-order chi connectivity index (χ1) is 9.33. The van der Waals surface area contributed by atoms with Gasteiger partial charge in [0.2, 0.25) is 0 Å². The molecule has 4 nitrogen and oxygen atoms in total. The molecule has 1 fully saturated rings. The number of hydrogen-bond acceptors (Lipinski definition) is 4. The van der Waals surface area contributed by atoms with Crippen LogP contribution in [0.2, 0.25) is 0 Å². The van der Waals surface area contributed by atoms with E-state index in [1.165, 1.54) is 5.56 Å². The zero-order chi connectivity index (χ0) is 13.5. The molecule has 0 bridgehead atoms. The summed E-state index contributed by atoms with van der Waals surface area (Å²) in [6.45, 7) is 5.21. The highest BCUT2D eigenvalue weighted by Crippen LogP contribution is 2.28. The third-order valence-corrected chi connectivity index (χ3v) is 3.34. The zero-order valence-corrected chi connectivity index (χ0v) is 11.8. The molecule has 106 valence electrons. The largest absolute Gasteiger partial charge is 0.493 e. The van der Waals surface area contributed by atoms with Crippen LogP contribution >= 0.6 is 0 Å². The highest BCUT2D eigenvalue weighted by molar-refractivity contribution is 5.42. The van der Waals surface area contributed by atoms with Crippen LogP contribution in [0.5, 0.6) is 11.5 Å². The van der Waals surface area contributed by atoms with E-state index in [0.29, 0.717) is 12.6 Å². The first-order valence-corrected chi connectivity index (χ1v) is 6.94. The van der Waals surface area contributed by atoms with Crippen molar-refractivity contribution in [2.75, 3.05) is 26.9 Å². The molecule has 0 spiro atoms. The molecule has 0 atom stereocenters. The molecule has 1 aromatic carbocycles. The lowest BCUT2D eigenvalue weighted by atomic mass is 10.1. The van der Waals surface area contributed by atoms with Gasteiger partial charge in [0.25, 0.3) is 0 Å². The van der Waals surface area contributed by atoms with E-state index in [2.05, 4.69) is 11.4 Å². The Balaban J connectivity index is 1.92. The number of rotatable bonds is 6. The fourth-order valence-electron chi connectivity index (χ4n) is 2.26. The topological polar surface area (TPSA) is 39.7 Å². The molecular weight excluding hydrogens is 242 g/mol. The summed E-state index contributed by atoms with van der Waals surface area (Å²) in [5.41, 5.74) is 1.21. The van der Waals surface area contributed by atoms with E-state index in [9.17, 15) is 0 Å². The lowest BCUT2D eigenvalue weighted by Gasteiger charge is -2.23. The van der Waals surface area contributed by atoms with Crippen LogP contribution in [-0.4, -0.2) is 33.0 Å². The molecular formula is C15H23NO3. The fourth-order valence-corrected chi connectivity index (χ4v) is 2.26. The average Bonchev–Trinajstić information content (AvgIpc) is 2.47. The Kier molecular flexibility index (Phi) is 5.48. The van der Waals surface area contributed by atoms with E-state index in [0.717, 1.165) is 44.1 Å². The highest BCUT2D eigenvalue weighted by Gasteiger charge is 2.13.